The van der Waals surface area contributed by atoms with Crippen LogP contribution in [-0.4, -0.2) is 18.6 Å². The van der Waals surface area contributed by atoms with E-state index >= 15 is 0 Å². The first-order valence-corrected chi connectivity index (χ1v) is 3.17. The van der Waals surface area contributed by atoms with Crippen molar-refractivity contribution in [3.63, 3.8) is 0 Å². The van der Waals surface area contributed by atoms with E-state index in [1.54, 1.807) is 13.8 Å². The maximum atomic E-state index is 10.8. The van der Waals surface area contributed by atoms with Gasteiger partial charge in [-0.1, -0.05) is 12.2 Å². The smallest absolute Gasteiger partial charge is 0.327 e. The molecule has 0 rings (SSSR count). The van der Waals surface area contributed by atoms with Crippen molar-refractivity contribution in [2.24, 2.45) is 5.73 Å². The van der Waals surface area contributed by atoms with Crippen LogP contribution in [0.1, 0.15) is 13.8 Å². The van der Waals surface area contributed by atoms with Gasteiger partial charge in [0.25, 0.3) is 0 Å². The summed E-state index contributed by atoms with van der Waals surface area (Å²) in [5.74, 6) is -0.407. The fourth-order valence-electron chi connectivity index (χ4n) is 0.433. The van der Waals surface area contributed by atoms with Crippen LogP contribution in [0.4, 0.5) is 0 Å². The van der Waals surface area contributed by atoms with E-state index in [0.717, 1.165) is 0 Å². The Morgan fingerprint density at radius 3 is 2.60 bits per heavy atom. The molecule has 0 aliphatic heterocycles. The SMILES string of the molecule is C=C(C)C(N)C(=O)OCC. The maximum Gasteiger partial charge on any atom is 0.327 e. The zero-order chi connectivity index (χ0) is 8.15. The van der Waals surface area contributed by atoms with E-state index in [4.69, 9.17) is 5.73 Å². The summed E-state index contributed by atoms with van der Waals surface area (Å²) in [6, 6.07) is -0.667. The van der Waals surface area contributed by atoms with Gasteiger partial charge in [-0.25, -0.2) is 0 Å². The molecular formula is C7H13NO2. The van der Waals surface area contributed by atoms with Crippen LogP contribution in [-0.2, 0) is 9.53 Å². The van der Waals surface area contributed by atoms with E-state index < -0.39 is 12.0 Å². The highest BCUT2D eigenvalue weighted by atomic mass is 16.5. The van der Waals surface area contributed by atoms with Gasteiger partial charge < -0.3 is 10.5 Å². The van der Waals surface area contributed by atoms with Gasteiger partial charge in [0, 0.05) is 0 Å². The summed E-state index contributed by atoms with van der Waals surface area (Å²) in [6.07, 6.45) is 0. The molecule has 0 aliphatic carbocycles. The van der Waals surface area contributed by atoms with Crippen molar-refractivity contribution in [1.82, 2.24) is 0 Å². The number of hydrogen-bond acceptors (Lipinski definition) is 3. The largest absolute Gasteiger partial charge is 0.465 e. The Labute approximate surface area is 60.9 Å². The Morgan fingerprint density at radius 2 is 2.30 bits per heavy atom. The van der Waals surface area contributed by atoms with Gasteiger partial charge in [-0.05, 0) is 13.8 Å². The molecular weight excluding hydrogens is 130 g/mol. The normalized spacial score (nSPS) is 12.3. The molecule has 3 heteroatoms. The van der Waals surface area contributed by atoms with E-state index in [1.165, 1.54) is 0 Å². The van der Waals surface area contributed by atoms with Gasteiger partial charge in [0.2, 0.25) is 0 Å². The minimum Gasteiger partial charge on any atom is -0.465 e. The summed E-state index contributed by atoms with van der Waals surface area (Å²) < 4.78 is 4.64. The van der Waals surface area contributed by atoms with Crippen molar-refractivity contribution in [3.05, 3.63) is 12.2 Å². The quantitative estimate of drug-likeness (QED) is 0.461. The Hall–Kier alpha value is -0.830. The molecule has 3 nitrogen and oxygen atoms in total. The van der Waals surface area contributed by atoms with Crippen LogP contribution in [0.5, 0.6) is 0 Å². The fourth-order valence-corrected chi connectivity index (χ4v) is 0.433. The molecule has 2 N–H and O–H groups in total. The molecule has 0 radical (unpaired) electrons. The summed E-state index contributed by atoms with van der Waals surface area (Å²) in [7, 11) is 0. The van der Waals surface area contributed by atoms with Gasteiger partial charge in [0.15, 0.2) is 0 Å². The van der Waals surface area contributed by atoms with Crippen molar-refractivity contribution < 1.29 is 9.53 Å². The maximum absolute atomic E-state index is 10.8. The molecule has 1 atom stereocenters. The van der Waals surface area contributed by atoms with Crippen LogP contribution >= 0.6 is 0 Å². The van der Waals surface area contributed by atoms with Gasteiger partial charge in [-0.15, -0.1) is 0 Å². The predicted molar refractivity (Wildman–Crippen MR) is 39.4 cm³/mol. The number of carbonyl (C=O) groups excluding carboxylic acids is 1. The van der Waals surface area contributed by atoms with Crippen molar-refractivity contribution in [1.29, 1.82) is 0 Å². The van der Waals surface area contributed by atoms with E-state index in [0.29, 0.717) is 12.2 Å². The number of ether oxygens (including phenoxy) is 1. The summed E-state index contributed by atoms with van der Waals surface area (Å²) in [5, 5.41) is 0. The van der Waals surface area contributed by atoms with Crippen LogP contribution in [0.25, 0.3) is 0 Å². The number of hydrogen-bond donors (Lipinski definition) is 1. The van der Waals surface area contributed by atoms with Gasteiger partial charge in [0.1, 0.15) is 6.04 Å². The lowest BCUT2D eigenvalue weighted by Gasteiger charge is -2.08. The fraction of sp³-hybridized carbons (Fsp3) is 0.571. The Balaban J connectivity index is 3.82. The minimum atomic E-state index is -0.667. The average Bonchev–Trinajstić information content (AvgIpc) is 1.87. The number of rotatable bonds is 3. The van der Waals surface area contributed by atoms with Gasteiger partial charge in [-0.2, -0.15) is 0 Å². The van der Waals surface area contributed by atoms with Crippen LogP contribution < -0.4 is 5.73 Å². The zero-order valence-corrected chi connectivity index (χ0v) is 6.39. The van der Waals surface area contributed by atoms with E-state index in [2.05, 4.69) is 11.3 Å². The lowest BCUT2D eigenvalue weighted by molar-refractivity contribution is -0.143. The molecule has 0 aromatic heterocycles. The number of nitrogens with two attached hydrogens (primary N) is 1. The molecule has 0 aliphatic rings. The van der Waals surface area contributed by atoms with Crippen LogP contribution in [0.3, 0.4) is 0 Å². The van der Waals surface area contributed by atoms with E-state index in [-0.39, 0.29) is 0 Å². The highest BCUT2D eigenvalue weighted by Crippen LogP contribution is 1.96. The van der Waals surface area contributed by atoms with Gasteiger partial charge in [-0.3, -0.25) is 4.79 Å². The first-order valence-electron chi connectivity index (χ1n) is 3.17. The lowest BCUT2D eigenvalue weighted by atomic mass is 10.2. The number of esters is 1. The van der Waals surface area contributed by atoms with Gasteiger partial charge in [0.05, 0.1) is 6.61 Å². The molecule has 0 spiro atoms. The molecule has 1 unspecified atom stereocenters. The molecule has 0 fully saturated rings. The minimum absolute atomic E-state index is 0.361. The number of carbonyl (C=O) groups is 1. The Kier molecular flexibility index (Phi) is 3.72. The Morgan fingerprint density at radius 1 is 1.80 bits per heavy atom. The molecule has 0 saturated carbocycles. The van der Waals surface area contributed by atoms with Crippen LogP contribution in [0, 0.1) is 0 Å². The molecule has 58 valence electrons. The van der Waals surface area contributed by atoms with Crippen molar-refractivity contribution >= 4 is 5.97 Å². The van der Waals surface area contributed by atoms with Crippen molar-refractivity contribution in [2.45, 2.75) is 19.9 Å². The lowest BCUT2D eigenvalue weighted by Crippen LogP contribution is -2.32. The topological polar surface area (TPSA) is 52.3 Å². The molecule has 0 aromatic carbocycles. The third-order valence-corrected chi connectivity index (χ3v) is 1.07. The standard InChI is InChI=1S/C7H13NO2/c1-4-10-7(9)6(8)5(2)3/h6H,2,4,8H2,1,3H3. The highest BCUT2D eigenvalue weighted by molar-refractivity contribution is 5.78. The monoisotopic (exact) mass is 143 g/mol. The second-order valence-electron chi connectivity index (χ2n) is 2.08. The van der Waals surface area contributed by atoms with Crippen molar-refractivity contribution in [3.8, 4) is 0 Å². The van der Waals surface area contributed by atoms with E-state index in [9.17, 15) is 4.79 Å². The predicted octanol–water partition coefficient (Wildman–Crippen LogP) is 0.453. The first-order chi connectivity index (χ1) is 4.59. The molecule has 0 heterocycles. The summed E-state index contributed by atoms with van der Waals surface area (Å²) in [5.41, 5.74) is 6.00. The summed E-state index contributed by atoms with van der Waals surface area (Å²) >= 11 is 0. The zero-order valence-electron chi connectivity index (χ0n) is 6.39. The second kappa shape index (κ2) is 4.06. The molecule has 0 saturated heterocycles. The average molecular weight is 143 g/mol. The van der Waals surface area contributed by atoms with E-state index in [1.807, 2.05) is 0 Å². The third kappa shape index (κ3) is 2.64. The summed E-state index contributed by atoms with van der Waals surface area (Å²) in [6.45, 7) is 7.33. The third-order valence-electron chi connectivity index (χ3n) is 1.07. The van der Waals surface area contributed by atoms with Crippen LogP contribution in [0.2, 0.25) is 0 Å². The first kappa shape index (κ1) is 9.17. The van der Waals surface area contributed by atoms with Crippen LogP contribution in [0.15, 0.2) is 12.2 Å². The molecule has 0 aromatic rings. The molecule has 0 amide bonds. The second-order valence-corrected chi connectivity index (χ2v) is 2.08. The summed E-state index contributed by atoms with van der Waals surface area (Å²) in [4.78, 5) is 10.8. The Bertz CT molecular complexity index is 143. The highest BCUT2D eigenvalue weighted by Gasteiger charge is 2.13. The van der Waals surface area contributed by atoms with Crippen molar-refractivity contribution in [2.75, 3.05) is 6.61 Å². The molecule has 10 heavy (non-hydrogen) atoms. The van der Waals surface area contributed by atoms with Gasteiger partial charge >= 0.3 is 5.97 Å². The molecule has 0 bridgehead atoms.